The lowest BCUT2D eigenvalue weighted by Gasteiger charge is -2.29. The van der Waals surface area contributed by atoms with Crippen LogP contribution in [0.1, 0.15) is 40.7 Å². The molecule has 0 atom stereocenters. The number of piperidine rings is 1. The van der Waals surface area contributed by atoms with Gasteiger partial charge in [0.2, 0.25) is 0 Å². The van der Waals surface area contributed by atoms with Gasteiger partial charge in [-0.15, -0.1) is 0 Å². The second kappa shape index (κ2) is 5.73. The third-order valence-corrected chi connectivity index (χ3v) is 4.07. The standard InChI is InChI=1S/C15H19N3O3/c19-14(20)11-4-5-12-9-17(10-13(12)8-11)15(21)16-18-6-2-1-3-7-18/h4-5,8H,1-3,6-7,9-10H2,(H,16,21)(H,19,20). The molecule has 2 amide bonds. The summed E-state index contributed by atoms with van der Waals surface area (Å²) in [6.45, 7) is 2.80. The maximum Gasteiger partial charge on any atom is 0.335 e. The summed E-state index contributed by atoms with van der Waals surface area (Å²) in [5.74, 6) is -0.936. The van der Waals surface area contributed by atoms with Gasteiger partial charge in [-0.05, 0) is 36.1 Å². The normalized spacial score (nSPS) is 18.4. The van der Waals surface area contributed by atoms with Crippen LogP contribution in [0.3, 0.4) is 0 Å². The molecule has 21 heavy (non-hydrogen) atoms. The highest BCUT2D eigenvalue weighted by Crippen LogP contribution is 2.24. The number of carboxylic acid groups (broad SMARTS) is 1. The molecule has 1 aromatic carbocycles. The largest absolute Gasteiger partial charge is 0.478 e. The van der Waals surface area contributed by atoms with E-state index in [0.717, 1.165) is 37.1 Å². The zero-order chi connectivity index (χ0) is 14.8. The number of benzene rings is 1. The Bertz CT molecular complexity index is 567. The Kier molecular flexibility index (Phi) is 3.79. The molecule has 1 saturated heterocycles. The topological polar surface area (TPSA) is 72.9 Å². The van der Waals surface area contributed by atoms with Gasteiger partial charge in [-0.25, -0.2) is 14.6 Å². The lowest BCUT2D eigenvalue weighted by Crippen LogP contribution is -2.49. The number of aromatic carboxylic acids is 1. The molecule has 1 aromatic rings. The average Bonchev–Trinajstić information content (AvgIpc) is 2.91. The molecular weight excluding hydrogens is 270 g/mol. The Balaban J connectivity index is 1.63. The molecule has 0 aromatic heterocycles. The highest BCUT2D eigenvalue weighted by atomic mass is 16.4. The van der Waals surface area contributed by atoms with Crippen molar-refractivity contribution in [2.75, 3.05) is 13.1 Å². The monoisotopic (exact) mass is 289 g/mol. The van der Waals surface area contributed by atoms with Crippen molar-refractivity contribution in [2.45, 2.75) is 32.4 Å². The smallest absolute Gasteiger partial charge is 0.335 e. The van der Waals surface area contributed by atoms with E-state index in [4.69, 9.17) is 5.11 Å². The molecule has 2 aliphatic rings. The van der Waals surface area contributed by atoms with E-state index < -0.39 is 5.97 Å². The van der Waals surface area contributed by atoms with E-state index in [0.29, 0.717) is 13.1 Å². The van der Waals surface area contributed by atoms with Crippen LogP contribution in [0.4, 0.5) is 4.79 Å². The number of nitrogens with zero attached hydrogens (tertiary/aromatic N) is 2. The van der Waals surface area contributed by atoms with Crippen LogP contribution in [0.15, 0.2) is 18.2 Å². The van der Waals surface area contributed by atoms with Crippen molar-refractivity contribution in [1.29, 1.82) is 0 Å². The molecule has 2 aliphatic heterocycles. The molecule has 112 valence electrons. The number of carbonyl (C=O) groups is 2. The number of hydrogen-bond acceptors (Lipinski definition) is 3. The summed E-state index contributed by atoms with van der Waals surface area (Å²) in [5, 5.41) is 11.0. The molecule has 0 saturated carbocycles. The fraction of sp³-hybridized carbons (Fsp3) is 0.467. The highest BCUT2D eigenvalue weighted by molar-refractivity contribution is 5.88. The molecule has 2 heterocycles. The third kappa shape index (κ3) is 3.00. The van der Waals surface area contributed by atoms with Crippen molar-refractivity contribution < 1.29 is 14.7 Å². The van der Waals surface area contributed by atoms with Gasteiger partial charge in [-0.1, -0.05) is 12.5 Å². The first-order valence-corrected chi connectivity index (χ1v) is 7.29. The van der Waals surface area contributed by atoms with Gasteiger partial charge in [0, 0.05) is 26.2 Å². The fourth-order valence-electron chi connectivity index (χ4n) is 2.88. The van der Waals surface area contributed by atoms with Crippen LogP contribution >= 0.6 is 0 Å². The molecule has 3 rings (SSSR count). The first-order valence-electron chi connectivity index (χ1n) is 7.29. The summed E-state index contributed by atoms with van der Waals surface area (Å²) in [6, 6.07) is 4.94. The van der Waals surface area contributed by atoms with Gasteiger partial charge >= 0.3 is 12.0 Å². The summed E-state index contributed by atoms with van der Waals surface area (Å²) >= 11 is 0. The Labute approximate surface area is 123 Å². The minimum absolute atomic E-state index is 0.107. The molecule has 6 nitrogen and oxygen atoms in total. The van der Waals surface area contributed by atoms with Gasteiger partial charge in [0.15, 0.2) is 0 Å². The van der Waals surface area contributed by atoms with Gasteiger partial charge in [-0.3, -0.25) is 5.43 Å². The summed E-state index contributed by atoms with van der Waals surface area (Å²) in [7, 11) is 0. The van der Waals surface area contributed by atoms with Gasteiger partial charge in [-0.2, -0.15) is 0 Å². The molecule has 0 bridgehead atoms. The molecule has 0 unspecified atom stereocenters. The van der Waals surface area contributed by atoms with Crippen LogP contribution in [-0.4, -0.2) is 40.1 Å². The highest BCUT2D eigenvalue weighted by Gasteiger charge is 2.25. The van der Waals surface area contributed by atoms with E-state index in [1.807, 2.05) is 5.01 Å². The van der Waals surface area contributed by atoms with Gasteiger partial charge in [0.05, 0.1) is 5.56 Å². The van der Waals surface area contributed by atoms with E-state index in [1.54, 1.807) is 23.1 Å². The molecular formula is C15H19N3O3. The summed E-state index contributed by atoms with van der Waals surface area (Å²) < 4.78 is 0. The fourth-order valence-corrected chi connectivity index (χ4v) is 2.88. The summed E-state index contributed by atoms with van der Waals surface area (Å²) in [5.41, 5.74) is 5.15. The average molecular weight is 289 g/mol. The number of rotatable bonds is 2. The van der Waals surface area contributed by atoms with E-state index in [1.165, 1.54) is 6.42 Å². The number of urea groups is 1. The molecule has 0 aliphatic carbocycles. The van der Waals surface area contributed by atoms with E-state index in [2.05, 4.69) is 5.43 Å². The molecule has 1 fully saturated rings. The predicted octanol–water partition coefficient (Wildman–Crippen LogP) is 1.81. The van der Waals surface area contributed by atoms with Crippen molar-refractivity contribution in [3.05, 3.63) is 34.9 Å². The van der Waals surface area contributed by atoms with E-state index in [9.17, 15) is 9.59 Å². The van der Waals surface area contributed by atoms with Crippen LogP contribution in [0.25, 0.3) is 0 Å². The third-order valence-electron chi connectivity index (χ3n) is 4.07. The number of carbonyl (C=O) groups excluding carboxylic acids is 1. The second-order valence-electron chi connectivity index (χ2n) is 5.61. The lowest BCUT2D eigenvalue weighted by molar-refractivity contribution is 0.0696. The predicted molar refractivity (Wildman–Crippen MR) is 76.6 cm³/mol. The van der Waals surface area contributed by atoms with Crippen LogP contribution < -0.4 is 5.43 Å². The van der Waals surface area contributed by atoms with Crippen molar-refractivity contribution in [3.63, 3.8) is 0 Å². The zero-order valence-electron chi connectivity index (χ0n) is 11.8. The SMILES string of the molecule is O=C(O)c1ccc2c(c1)CN(C(=O)NN1CCCCC1)C2. The minimum atomic E-state index is -0.936. The zero-order valence-corrected chi connectivity index (χ0v) is 11.8. The van der Waals surface area contributed by atoms with Crippen LogP contribution in [-0.2, 0) is 13.1 Å². The Morgan fingerprint density at radius 1 is 1.05 bits per heavy atom. The molecule has 0 spiro atoms. The van der Waals surface area contributed by atoms with Gasteiger partial charge in [0.1, 0.15) is 0 Å². The second-order valence-corrected chi connectivity index (χ2v) is 5.61. The van der Waals surface area contributed by atoms with Crippen LogP contribution in [0, 0.1) is 0 Å². The Hall–Kier alpha value is -2.08. The van der Waals surface area contributed by atoms with E-state index in [-0.39, 0.29) is 11.6 Å². The number of nitrogens with one attached hydrogen (secondary N) is 1. The minimum Gasteiger partial charge on any atom is -0.478 e. The summed E-state index contributed by atoms with van der Waals surface area (Å²) in [4.78, 5) is 25.0. The maximum atomic E-state index is 12.3. The number of amides is 2. The van der Waals surface area contributed by atoms with Crippen LogP contribution in [0.2, 0.25) is 0 Å². The first kappa shape index (κ1) is 13.9. The van der Waals surface area contributed by atoms with Crippen molar-refractivity contribution in [2.24, 2.45) is 0 Å². The van der Waals surface area contributed by atoms with Gasteiger partial charge < -0.3 is 10.0 Å². The number of carboxylic acids is 1. The van der Waals surface area contributed by atoms with Crippen molar-refractivity contribution >= 4 is 12.0 Å². The Morgan fingerprint density at radius 2 is 1.76 bits per heavy atom. The summed E-state index contributed by atoms with van der Waals surface area (Å²) in [6.07, 6.45) is 3.45. The quantitative estimate of drug-likeness (QED) is 0.871. The molecule has 6 heteroatoms. The van der Waals surface area contributed by atoms with Crippen molar-refractivity contribution in [1.82, 2.24) is 15.3 Å². The maximum absolute atomic E-state index is 12.3. The number of hydrazine groups is 1. The molecule has 0 radical (unpaired) electrons. The van der Waals surface area contributed by atoms with E-state index >= 15 is 0 Å². The Morgan fingerprint density at radius 3 is 2.48 bits per heavy atom. The number of fused-ring (bicyclic) bond motifs is 1. The number of hydrogen-bond donors (Lipinski definition) is 2. The lowest BCUT2D eigenvalue weighted by atomic mass is 10.1. The van der Waals surface area contributed by atoms with Crippen LogP contribution in [0.5, 0.6) is 0 Å². The molecule has 2 N–H and O–H groups in total. The van der Waals surface area contributed by atoms with Gasteiger partial charge in [0.25, 0.3) is 0 Å². The van der Waals surface area contributed by atoms with Crippen molar-refractivity contribution in [3.8, 4) is 0 Å². The first-order chi connectivity index (χ1) is 10.1.